The molecule has 158 valence electrons. The summed E-state index contributed by atoms with van der Waals surface area (Å²) in [7, 11) is 0. The molecular weight excluding hydrogens is 412 g/mol. The fourth-order valence-electron chi connectivity index (χ4n) is 3.56. The smallest absolute Gasteiger partial charge is 0.262 e. The molecule has 7 nitrogen and oxygen atoms in total. The zero-order chi connectivity index (χ0) is 22.0. The van der Waals surface area contributed by atoms with E-state index in [0.29, 0.717) is 23.2 Å². The number of nitrogens with one attached hydrogen (secondary N) is 1. The van der Waals surface area contributed by atoms with Gasteiger partial charge in [-0.25, -0.2) is 4.98 Å². The summed E-state index contributed by atoms with van der Waals surface area (Å²) in [6.45, 7) is 4.12. The van der Waals surface area contributed by atoms with Crippen LogP contribution >= 0.6 is 11.3 Å². The van der Waals surface area contributed by atoms with Crippen LogP contribution in [0.2, 0.25) is 0 Å². The van der Waals surface area contributed by atoms with E-state index in [4.69, 9.17) is 0 Å². The standard InChI is InChI=1S/C23H22N4O3S/c1-14(2)11-19(27-22(29)16-7-3-4-8-17(16)23(27)30)20(28)25-12-15-13-31-21(26-15)18-9-5-6-10-24-18/h3-10,13-14,19H,11-12H2,1-2H3,(H,25,28). The lowest BCUT2D eigenvalue weighted by Crippen LogP contribution is -2.50. The van der Waals surface area contributed by atoms with Crippen LogP contribution in [0.5, 0.6) is 0 Å². The van der Waals surface area contributed by atoms with E-state index in [-0.39, 0.29) is 18.4 Å². The number of rotatable bonds is 7. The van der Waals surface area contributed by atoms with Crippen molar-refractivity contribution in [2.75, 3.05) is 0 Å². The molecule has 0 radical (unpaired) electrons. The topological polar surface area (TPSA) is 92.3 Å². The van der Waals surface area contributed by atoms with Crippen LogP contribution in [-0.2, 0) is 11.3 Å². The average Bonchev–Trinajstić information content (AvgIpc) is 3.35. The highest BCUT2D eigenvalue weighted by Gasteiger charge is 2.42. The third-order valence-corrected chi connectivity index (χ3v) is 5.93. The molecule has 1 aromatic carbocycles. The summed E-state index contributed by atoms with van der Waals surface area (Å²) >= 11 is 1.45. The van der Waals surface area contributed by atoms with Gasteiger partial charge in [-0.1, -0.05) is 32.0 Å². The lowest BCUT2D eigenvalue weighted by Gasteiger charge is -2.26. The highest BCUT2D eigenvalue weighted by molar-refractivity contribution is 7.13. The molecule has 0 spiro atoms. The van der Waals surface area contributed by atoms with Gasteiger partial charge in [0.1, 0.15) is 11.0 Å². The number of imide groups is 1. The van der Waals surface area contributed by atoms with Crippen LogP contribution in [0.25, 0.3) is 10.7 Å². The third-order valence-electron chi connectivity index (χ3n) is 5.01. The van der Waals surface area contributed by atoms with E-state index in [2.05, 4.69) is 15.3 Å². The Labute approximate surface area is 184 Å². The minimum atomic E-state index is -0.874. The van der Waals surface area contributed by atoms with Crippen LogP contribution in [0.15, 0.2) is 54.0 Å². The lowest BCUT2D eigenvalue weighted by atomic mass is 10.0. The Morgan fingerprint density at radius 1 is 1.06 bits per heavy atom. The third kappa shape index (κ3) is 4.25. The molecule has 0 saturated heterocycles. The molecule has 0 fully saturated rings. The number of benzene rings is 1. The van der Waals surface area contributed by atoms with Gasteiger partial charge in [-0.15, -0.1) is 11.3 Å². The number of hydrogen-bond donors (Lipinski definition) is 1. The van der Waals surface area contributed by atoms with E-state index < -0.39 is 17.9 Å². The minimum Gasteiger partial charge on any atom is -0.349 e. The molecule has 0 bridgehead atoms. The maximum atomic E-state index is 13.1. The SMILES string of the molecule is CC(C)CC(C(=O)NCc1csc(-c2ccccn2)n1)N1C(=O)c2ccccc2C1=O. The van der Waals surface area contributed by atoms with E-state index in [1.165, 1.54) is 11.3 Å². The Kier molecular flexibility index (Phi) is 5.90. The summed E-state index contributed by atoms with van der Waals surface area (Å²) < 4.78 is 0. The first-order valence-electron chi connectivity index (χ1n) is 10.1. The summed E-state index contributed by atoms with van der Waals surface area (Å²) in [5.41, 5.74) is 2.15. The number of carbonyl (C=O) groups excluding carboxylic acids is 3. The summed E-state index contributed by atoms with van der Waals surface area (Å²) in [5, 5.41) is 5.49. The first-order chi connectivity index (χ1) is 15.0. The molecule has 1 atom stereocenters. The van der Waals surface area contributed by atoms with Crippen molar-refractivity contribution >= 4 is 29.1 Å². The number of aromatic nitrogens is 2. The molecule has 8 heteroatoms. The summed E-state index contributed by atoms with van der Waals surface area (Å²) in [6.07, 6.45) is 2.09. The fourth-order valence-corrected chi connectivity index (χ4v) is 4.35. The Balaban J connectivity index is 1.49. The second kappa shape index (κ2) is 8.77. The van der Waals surface area contributed by atoms with Crippen molar-refractivity contribution in [3.05, 3.63) is 70.9 Å². The predicted octanol–water partition coefficient (Wildman–Crippen LogP) is 3.53. The molecule has 31 heavy (non-hydrogen) atoms. The van der Waals surface area contributed by atoms with Crippen LogP contribution in [0.3, 0.4) is 0 Å². The molecule has 0 saturated carbocycles. The van der Waals surface area contributed by atoms with Gasteiger partial charge in [-0.3, -0.25) is 24.3 Å². The van der Waals surface area contributed by atoms with E-state index in [1.54, 1.807) is 30.5 Å². The van der Waals surface area contributed by atoms with E-state index in [1.807, 2.05) is 37.4 Å². The quantitative estimate of drug-likeness (QED) is 0.574. The van der Waals surface area contributed by atoms with Crippen molar-refractivity contribution in [2.24, 2.45) is 5.92 Å². The molecule has 1 aliphatic heterocycles. The van der Waals surface area contributed by atoms with Gasteiger partial charge in [0.2, 0.25) is 5.91 Å². The minimum absolute atomic E-state index is 0.120. The Morgan fingerprint density at radius 2 is 1.74 bits per heavy atom. The molecule has 4 rings (SSSR count). The molecule has 1 aliphatic rings. The second-order valence-electron chi connectivity index (χ2n) is 7.75. The van der Waals surface area contributed by atoms with Crippen LogP contribution < -0.4 is 5.32 Å². The highest BCUT2D eigenvalue weighted by Crippen LogP contribution is 2.27. The first-order valence-corrected chi connectivity index (χ1v) is 10.9. The van der Waals surface area contributed by atoms with Crippen molar-refractivity contribution in [3.63, 3.8) is 0 Å². The van der Waals surface area contributed by atoms with Crippen LogP contribution in [0.4, 0.5) is 0 Å². The van der Waals surface area contributed by atoms with E-state index in [9.17, 15) is 14.4 Å². The molecular formula is C23H22N4O3S. The monoisotopic (exact) mass is 434 g/mol. The number of thiazole rings is 1. The maximum absolute atomic E-state index is 13.1. The molecule has 1 unspecified atom stereocenters. The Bertz CT molecular complexity index is 1090. The van der Waals surface area contributed by atoms with Gasteiger partial charge < -0.3 is 5.32 Å². The van der Waals surface area contributed by atoms with Crippen molar-refractivity contribution in [3.8, 4) is 10.7 Å². The Morgan fingerprint density at radius 3 is 2.35 bits per heavy atom. The second-order valence-corrected chi connectivity index (χ2v) is 8.61. The summed E-state index contributed by atoms with van der Waals surface area (Å²) in [6, 6.07) is 11.4. The van der Waals surface area contributed by atoms with Crippen molar-refractivity contribution < 1.29 is 14.4 Å². The normalized spacial score (nSPS) is 14.1. The van der Waals surface area contributed by atoms with Gasteiger partial charge in [0.05, 0.1) is 29.1 Å². The maximum Gasteiger partial charge on any atom is 0.262 e. The van der Waals surface area contributed by atoms with Crippen LogP contribution in [-0.4, -0.2) is 38.6 Å². The number of pyridine rings is 1. The zero-order valence-corrected chi connectivity index (χ0v) is 18.1. The number of nitrogens with zero attached hydrogens (tertiary/aromatic N) is 3. The fraction of sp³-hybridized carbons (Fsp3) is 0.261. The van der Waals surface area contributed by atoms with Gasteiger partial charge in [0, 0.05) is 11.6 Å². The molecule has 3 aromatic rings. The van der Waals surface area contributed by atoms with Crippen molar-refractivity contribution in [2.45, 2.75) is 32.9 Å². The predicted molar refractivity (Wildman–Crippen MR) is 117 cm³/mol. The van der Waals surface area contributed by atoms with Gasteiger partial charge in [-0.05, 0) is 36.6 Å². The van der Waals surface area contributed by atoms with Gasteiger partial charge in [0.25, 0.3) is 11.8 Å². The molecule has 3 heterocycles. The molecule has 1 N–H and O–H groups in total. The number of amides is 3. The average molecular weight is 435 g/mol. The first kappa shape index (κ1) is 20.9. The number of hydrogen-bond acceptors (Lipinski definition) is 6. The van der Waals surface area contributed by atoms with Gasteiger partial charge in [-0.2, -0.15) is 0 Å². The number of fused-ring (bicyclic) bond motifs is 1. The highest BCUT2D eigenvalue weighted by atomic mass is 32.1. The van der Waals surface area contributed by atoms with E-state index >= 15 is 0 Å². The van der Waals surface area contributed by atoms with Crippen molar-refractivity contribution in [1.29, 1.82) is 0 Å². The molecule has 2 aromatic heterocycles. The Hall–Kier alpha value is -3.39. The number of carbonyl (C=O) groups is 3. The summed E-state index contributed by atoms with van der Waals surface area (Å²) in [5.74, 6) is -1.09. The van der Waals surface area contributed by atoms with Gasteiger partial charge >= 0.3 is 0 Å². The van der Waals surface area contributed by atoms with Crippen LogP contribution in [0.1, 0.15) is 46.7 Å². The zero-order valence-electron chi connectivity index (χ0n) is 17.2. The molecule has 3 amide bonds. The van der Waals surface area contributed by atoms with Gasteiger partial charge in [0.15, 0.2) is 0 Å². The van der Waals surface area contributed by atoms with E-state index in [0.717, 1.165) is 15.6 Å². The largest absolute Gasteiger partial charge is 0.349 e. The molecule has 0 aliphatic carbocycles. The van der Waals surface area contributed by atoms with Crippen LogP contribution in [0, 0.1) is 5.92 Å². The van der Waals surface area contributed by atoms with Crippen molar-refractivity contribution in [1.82, 2.24) is 20.2 Å². The summed E-state index contributed by atoms with van der Waals surface area (Å²) in [4.78, 5) is 48.7. The lowest BCUT2D eigenvalue weighted by molar-refractivity contribution is -0.125.